The highest BCUT2D eigenvalue weighted by Gasteiger charge is 1.95. The van der Waals surface area contributed by atoms with Crippen molar-refractivity contribution in [2.24, 2.45) is 10.9 Å². The Morgan fingerprint density at radius 2 is 2.08 bits per heavy atom. The van der Waals surface area contributed by atoms with Gasteiger partial charge in [0.05, 0.1) is 13.2 Å². The van der Waals surface area contributed by atoms with Crippen molar-refractivity contribution in [1.82, 2.24) is 5.32 Å². The van der Waals surface area contributed by atoms with E-state index in [1.165, 1.54) is 5.71 Å². The van der Waals surface area contributed by atoms with Crippen LogP contribution in [0, 0.1) is 5.92 Å². The molecule has 0 aliphatic heterocycles. The Bertz CT molecular complexity index is 144. The Hall–Kier alpha value is -0.410. The van der Waals surface area contributed by atoms with Crippen molar-refractivity contribution in [3.05, 3.63) is 0 Å². The summed E-state index contributed by atoms with van der Waals surface area (Å²) in [5.41, 5.74) is 1.22. The second kappa shape index (κ2) is 8.20. The summed E-state index contributed by atoms with van der Waals surface area (Å²) in [5, 5.41) is 11.6. The molecule has 0 aromatic rings. The molecule has 13 heavy (non-hydrogen) atoms. The van der Waals surface area contributed by atoms with Crippen LogP contribution in [0.15, 0.2) is 4.99 Å². The van der Waals surface area contributed by atoms with Crippen LogP contribution in [0.4, 0.5) is 0 Å². The highest BCUT2D eigenvalue weighted by molar-refractivity contribution is 5.82. The molecule has 3 nitrogen and oxygen atoms in total. The molecule has 0 heterocycles. The van der Waals surface area contributed by atoms with Gasteiger partial charge in [-0.1, -0.05) is 13.8 Å². The van der Waals surface area contributed by atoms with E-state index >= 15 is 0 Å². The van der Waals surface area contributed by atoms with Crippen LogP contribution in [-0.4, -0.2) is 37.1 Å². The Kier molecular flexibility index (Phi) is 7.94. The lowest BCUT2D eigenvalue weighted by molar-refractivity contribution is 0.293. The molecule has 0 rings (SSSR count). The van der Waals surface area contributed by atoms with Crippen LogP contribution in [0.5, 0.6) is 0 Å². The Balaban J connectivity index is 3.36. The molecule has 0 saturated heterocycles. The largest absolute Gasteiger partial charge is 0.395 e. The van der Waals surface area contributed by atoms with Gasteiger partial charge in [-0.2, -0.15) is 0 Å². The monoisotopic (exact) mass is 186 g/mol. The fourth-order valence-electron chi connectivity index (χ4n) is 1.19. The SMILES string of the molecule is CC(CC(C)C)=NCCNCCO. The van der Waals surface area contributed by atoms with Gasteiger partial charge in [0.1, 0.15) is 0 Å². The molecule has 0 bridgehead atoms. The molecule has 0 aliphatic rings. The van der Waals surface area contributed by atoms with Gasteiger partial charge in [0.25, 0.3) is 0 Å². The highest BCUT2D eigenvalue weighted by Crippen LogP contribution is 2.00. The van der Waals surface area contributed by atoms with Crippen LogP contribution in [0.25, 0.3) is 0 Å². The summed E-state index contributed by atoms with van der Waals surface area (Å²) in [5.74, 6) is 0.689. The van der Waals surface area contributed by atoms with Gasteiger partial charge in [0, 0.05) is 18.8 Å². The first-order valence-corrected chi connectivity index (χ1v) is 4.98. The van der Waals surface area contributed by atoms with E-state index in [4.69, 9.17) is 5.11 Å². The third-order valence-corrected chi connectivity index (χ3v) is 1.66. The molecule has 78 valence electrons. The lowest BCUT2D eigenvalue weighted by Gasteiger charge is -2.04. The van der Waals surface area contributed by atoms with E-state index in [1.54, 1.807) is 0 Å². The Labute approximate surface area is 81.3 Å². The lowest BCUT2D eigenvalue weighted by atomic mass is 10.1. The van der Waals surface area contributed by atoms with E-state index in [9.17, 15) is 0 Å². The number of nitrogens with one attached hydrogen (secondary N) is 1. The minimum Gasteiger partial charge on any atom is -0.395 e. The zero-order valence-corrected chi connectivity index (χ0v) is 9.01. The molecular weight excluding hydrogens is 164 g/mol. The van der Waals surface area contributed by atoms with Crippen molar-refractivity contribution in [3.63, 3.8) is 0 Å². The van der Waals surface area contributed by atoms with E-state index < -0.39 is 0 Å². The normalized spacial score (nSPS) is 12.5. The third-order valence-electron chi connectivity index (χ3n) is 1.66. The zero-order chi connectivity index (χ0) is 10.1. The molecular formula is C10H22N2O. The predicted octanol–water partition coefficient (Wildman–Crippen LogP) is 1.08. The van der Waals surface area contributed by atoms with Gasteiger partial charge >= 0.3 is 0 Å². The second-order valence-electron chi connectivity index (χ2n) is 3.69. The van der Waals surface area contributed by atoms with Gasteiger partial charge in [0.2, 0.25) is 0 Å². The number of hydrogen-bond acceptors (Lipinski definition) is 3. The van der Waals surface area contributed by atoms with E-state index in [2.05, 4.69) is 31.1 Å². The maximum atomic E-state index is 8.50. The third kappa shape index (κ3) is 9.50. The first-order valence-electron chi connectivity index (χ1n) is 4.98. The van der Waals surface area contributed by atoms with Crippen LogP contribution >= 0.6 is 0 Å². The first-order chi connectivity index (χ1) is 6.16. The quantitative estimate of drug-likeness (QED) is 0.461. The molecule has 0 fully saturated rings. The van der Waals surface area contributed by atoms with Crippen LogP contribution in [0.2, 0.25) is 0 Å². The fourth-order valence-corrected chi connectivity index (χ4v) is 1.19. The summed E-state index contributed by atoms with van der Waals surface area (Å²) in [4.78, 5) is 4.41. The molecule has 2 N–H and O–H groups in total. The highest BCUT2D eigenvalue weighted by atomic mass is 16.3. The van der Waals surface area contributed by atoms with Gasteiger partial charge in [-0.3, -0.25) is 4.99 Å². The van der Waals surface area contributed by atoms with Gasteiger partial charge in [0.15, 0.2) is 0 Å². The number of hydrogen-bond donors (Lipinski definition) is 2. The summed E-state index contributed by atoms with van der Waals surface area (Å²) < 4.78 is 0. The van der Waals surface area contributed by atoms with Crippen molar-refractivity contribution < 1.29 is 5.11 Å². The van der Waals surface area contributed by atoms with Crippen LogP contribution in [0.3, 0.4) is 0 Å². The molecule has 0 saturated carbocycles. The topological polar surface area (TPSA) is 44.6 Å². The van der Waals surface area contributed by atoms with Crippen molar-refractivity contribution in [2.45, 2.75) is 27.2 Å². The summed E-state index contributed by atoms with van der Waals surface area (Å²) in [6.07, 6.45) is 1.08. The summed E-state index contributed by atoms with van der Waals surface area (Å²) >= 11 is 0. The van der Waals surface area contributed by atoms with E-state index in [1.807, 2.05) is 0 Å². The molecule has 0 radical (unpaired) electrons. The summed E-state index contributed by atoms with van der Waals surface area (Å²) in [7, 11) is 0. The number of aliphatic imine (C=N–C) groups is 1. The molecule has 0 aliphatic carbocycles. The van der Waals surface area contributed by atoms with Gasteiger partial charge in [-0.15, -0.1) is 0 Å². The zero-order valence-electron chi connectivity index (χ0n) is 9.01. The number of aliphatic hydroxyl groups excluding tert-OH is 1. The summed E-state index contributed by atoms with van der Waals surface area (Å²) in [6.45, 7) is 9.01. The van der Waals surface area contributed by atoms with Crippen LogP contribution in [-0.2, 0) is 0 Å². The average Bonchev–Trinajstić information content (AvgIpc) is 2.02. The van der Waals surface area contributed by atoms with E-state index in [0.29, 0.717) is 12.5 Å². The fraction of sp³-hybridized carbons (Fsp3) is 0.900. The number of nitrogens with zero attached hydrogens (tertiary/aromatic N) is 1. The van der Waals surface area contributed by atoms with E-state index in [0.717, 1.165) is 19.5 Å². The number of aliphatic hydroxyl groups is 1. The van der Waals surface area contributed by atoms with Gasteiger partial charge in [-0.05, 0) is 19.3 Å². The molecule has 0 unspecified atom stereocenters. The summed E-state index contributed by atoms with van der Waals surface area (Å²) in [6, 6.07) is 0. The van der Waals surface area contributed by atoms with Crippen molar-refractivity contribution >= 4 is 5.71 Å². The minimum absolute atomic E-state index is 0.203. The van der Waals surface area contributed by atoms with Crippen LogP contribution in [0.1, 0.15) is 27.2 Å². The molecule has 0 amide bonds. The maximum Gasteiger partial charge on any atom is 0.0555 e. The maximum absolute atomic E-state index is 8.50. The average molecular weight is 186 g/mol. The Morgan fingerprint density at radius 3 is 2.62 bits per heavy atom. The smallest absolute Gasteiger partial charge is 0.0555 e. The first kappa shape index (κ1) is 12.6. The van der Waals surface area contributed by atoms with Crippen molar-refractivity contribution in [1.29, 1.82) is 0 Å². The molecule has 0 aromatic heterocycles. The van der Waals surface area contributed by atoms with E-state index in [-0.39, 0.29) is 6.61 Å². The predicted molar refractivity (Wildman–Crippen MR) is 57.4 cm³/mol. The molecule has 0 atom stereocenters. The van der Waals surface area contributed by atoms with Gasteiger partial charge < -0.3 is 10.4 Å². The van der Waals surface area contributed by atoms with Gasteiger partial charge in [-0.25, -0.2) is 0 Å². The Morgan fingerprint density at radius 1 is 1.38 bits per heavy atom. The standard InChI is InChI=1S/C10H22N2O/c1-9(2)8-10(3)12-5-4-11-6-7-13/h9,11,13H,4-8H2,1-3H3. The molecule has 3 heteroatoms. The van der Waals surface area contributed by atoms with Crippen molar-refractivity contribution in [2.75, 3.05) is 26.2 Å². The van der Waals surface area contributed by atoms with Crippen molar-refractivity contribution in [3.8, 4) is 0 Å². The molecule has 0 spiro atoms. The number of rotatable bonds is 7. The second-order valence-corrected chi connectivity index (χ2v) is 3.69. The van der Waals surface area contributed by atoms with Crippen LogP contribution < -0.4 is 5.32 Å². The lowest BCUT2D eigenvalue weighted by Crippen LogP contribution is -2.21. The molecule has 0 aromatic carbocycles. The minimum atomic E-state index is 0.203.